The first kappa shape index (κ1) is 15.3. The average molecular weight is 327 g/mol. The fourth-order valence-corrected chi connectivity index (χ4v) is 2.88. The summed E-state index contributed by atoms with van der Waals surface area (Å²) in [5.74, 6) is -0.503. The van der Waals surface area contributed by atoms with Crippen molar-refractivity contribution in [2.75, 3.05) is 0 Å². The quantitative estimate of drug-likeness (QED) is 0.783. The van der Waals surface area contributed by atoms with E-state index in [2.05, 4.69) is 15.3 Å². The molecule has 2 aromatic heterocycles. The van der Waals surface area contributed by atoms with Gasteiger partial charge in [0.25, 0.3) is 0 Å². The van der Waals surface area contributed by atoms with Gasteiger partial charge in [-0.25, -0.2) is 9.37 Å². The van der Waals surface area contributed by atoms with Crippen molar-refractivity contribution in [3.05, 3.63) is 71.2 Å². The van der Waals surface area contributed by atoms with Crippen LogP contribution in [0, 0.1) is 5.82 Å². The van der Waals surface area contributed by atoms with Crippen LogP contribution in [0.1, 0.15) is 11.3 Å². The van der Waals surface area contributed by atoms with E-state index in [0.717, 1.165) is 10.6 Å². The van der Waals surface area contributed by atoms with E-state index in [-0.39, 0.29) is 24.7 Å². The molecule has 4 nitrogen and oxygen atoms in total. The zero-order valence-electron chi connectivity index (χ0n) is 12.2. The van der Waals surface area contributed by atoms with Crippen LogP contribution in [0.3, 0.4) is 0 Å². The zero-order chi connectivity index (χ0) is 16.1. The molecule has 3 aromatic rings. The first-order valence-corrected chi connectivity index (χ1v) is 7.95. The summed E-state index contributed by atoms with van der Waals surface area (Å²) >= 11 is 1.47. The molecular weight excluding hydrogens is 313 g/mol. The molecule has 0 unspecified atom stereocenters. The maximum Gasteiger partial charge on any atom is 0.226 e. The lowest BCUT2D eigenvalue weighted by Gasteiger charge is -2.05. The van der Waals surface area contributed by atoms with Crippen LogP contribution in [0.4, 0.5) is 4.39 Å². The zero-order valence-corrected chi connectivity index (χ0v) is 13.0. The van der Waals surface area contributed by atoms with Gasteiger partial charge in [0.15, 0.2) is 0 Å². The number of hydrogen-bond donors (Lipinski definition) is 1. The highest BCUT2D eigenvalue weighted by Crippen LogP contribution is 2.22. The minimum absolute atomic E-state index is 0.172. The Morgan fingerprint density at radius 2 is 2.09 bits per heavy atom. The fourth-order valence-electron chi connectivity index (χ4n) is 2.07. The molecule has 0 atom stereocenters. The van der Waals surface area contributed by atoms with Crippen LogP contribution in [-0.2, 0) is 17.8 Å². The second-order valence-corrected chi connectivity index (χ2v) is 5.79. The Labute approximate surface area is 137 Å². The normalized spacial score (nSPS) is 10.5. The van der Waals surface area contributed by atoms with E-state index in [1.54, 1.807) is 30.6 Å². The topological polar surface area (TPSA) is 54.9 Å². The lowest BCUT2D eigenvalue weighted by molar-refractivity contribution is -0.120. The number of thiazole rings is 1. The first-order valence-electron chi connectivity index (χ1n) is 7.07. The van der Waals surface area contributed by atoms with Crippen molar-refractivity contribution in [2.24, 2.45) is 0 Å². The van der Waals surface area contributed by atoms with Gasteiger partial charge in [0.2, 0.25) is 5.91 Å². The summed E-state index contributed by atoms with van der Waals surface area (Å²) in [5.41, 5.74) is 2.09. The molecule has 0 saturated carbocycles. The smallest absolute Gasteiger partial charge is 0.226 e. The largest absolute Gasteiger partial charge is 0.352 e. The van der Waals surface area contributed by atoms with Crippen LogP contribution in [0.5, 0.6) is 0 Å². The maximum atomic E-state index is 13.5. The van der Waals surface area contributed by atoms with Crippen molar-refractivity contribution >= 4 is 17.2 Å². The number of amides is 1. The standard InChI is InChI=1S/C17H14FN3OS/c18-15-6-2-1-4-12(15)10-20-16(22)8-14-11-23-17(21-14)13-5-3-7-19-9-13/h1-7,9,11H,8,10H2,(H,20,22). The van der Waals surface area contributed by atoms with Gasteiger partial charge in [-0.05, 0) is 18.2 Å². The summed E-state index contributed by atoms with van der Waals surface area (Å²) < 4.78 is 13.5. The molecule has 23 heavy (non-hydrogen) atoms. The molecule has 0 aliphatic carbocycles. The lowest BCUT2D eigenvalue weighted by atomic mass is 10.2. The van der Waals surface area contributed by atoms with Gasteiger partial charge in [-0.2, -0.15) is 0 Å². The summed E-state index contributed by atoms with van der Waals surface area (Å²) in [4.78, 5) is 20.5. The summed E-state index contributed by atoms with van der Waals surface area (Å²) in [6, 6.07) is 10.2. The molecular formula is C17H14FN3OS. The highest BCUT2D eigenvalue weighted by Gasteiger charge is 2.10. The number of nitrogens with zero attached hydrogens (tertiary/aromatic N) is 2. The summed E-state index contributed by atoms with van der Waals surface area (Å²) in [6.45, 7) is 0.172. The minimum atomic E-state index is -0.319. The van der Waals surface area contributed by atoms with E-state index in [9.17, 15) is 9.18 Å². The predicted octanol–water partition coefficient (Wildman–Crippen LogP) is 3.20. The molecule has 0 spiro atoms. The van der Waals surface area contributed by atoms with Gasteiger partial charge in [-0.3, -0.25) is 9.78 Å². The van der Waals surface area contributed by atoms with Gasteiger partial charge in [-0.15, -0.1) is 11.3 Å². The minimum Gasteiger partial charge on any atom is -0.352 e. The lowest BCUT2D eigenvalue weighted by Crippen LogP contribution is -2.25. The van der Waals surface area contributed by atoms with Gasteiger partial charge in [-0.1, -0.05) is 18.2 Å². The molecule has 0 bridgehead atoms. The van der Waals surface area contributed by atoms with Crippen molar-refractivity contribution in [3.8, 4) is 10.6 Å². The fraction of sp³-hybridized carbons (Fsp3) is 0.118. The van der Waals surface area contributed by atoms with Gasteiger partial charge < -0.3 is 5.32 Å². The van der Waals surface area contributed by atoms with E-state index in [0.29, 0.717) is 11.3 Å². The predicted molar refractivity (Wildman–Crippen MR) is 87.3 cm³/mol. The highest BCUT2D eigenvalue weighted by molar-refractivity contribution is 7.13. The first-order chi connectivity index (χ1) is 11.2. The van der Waals surface area contributed by atoms with Gasteiger partial charge in [0, 0.05) is 35.4 Å². The Balaban J connectivity index is 1.58. The molecule has 1 amide bonds. The molecule has 6 heteroatoms. The van der Waals surface area contributed by atoms with Crippen LogP contribution in [0.15, 0.2) is 54.2 Å². The monoisotopic (exact) mass is 327 g/mol. The number of benzene rings is 1. The molecule has 1 aromatic carbocycles. The van der Waals surface area contributed by atoms with Crippen molar-refractivity contribution in [1.29, 1.82) is 0 Å². The molecule has 1 N–H and O–H groups in total. The summed E-state index contributed by atoms with van der Waals surface area (Å²) in [7, 11) is 0. The van der Waals surface area contributed by atoms with Crippen molar-refractivity contribution in [2.45, 2.75) is 13.0 Å². The van der Waals surface area contributed by atoms with E-state index in [1.165, 1.54) is 17.4 Å². The number of rotatable bonds is 5. The van der Waals surface area contributed by atoms with E-state index >= 15 is 0 Å². The second-order valence-electron chi connectivity index (χ2n) is 4.93. The number of carbonyl (C=O) groups is 1. The molecule has 2 heterocycles. The van der Waals surface area contributed by atoms with Crippen LogP contribution in [-0.4, -0.2) is 15.9 Å². The third-order valence-corrected chi connectivity index (χ3v) is 4.18. The third-order valence-electron chi connectivity index (χ3n) is 3.24. The second kappa shape index (κ2) is 7.11. The Bertz CT molecular complexity index is 804. The molecule has 0 saturated heterocycles. The van der Waals surface area contributed by atoms with E-state index < -0.39 is 0 Å². The van der Waals surface area contributed by atoms with Gasteiger partial charge in [0.1, 0.15) is 10.8 Å². The summed E-state index contributed by atoms with van der Waals surface area (Å²) in [5, 5.41) is 5.39. The molecule has 0 fully saturated rings. The molecule has 3 rings (SSSR count). The molecule has 0 aliphatic heterocycles. The number of halogens is 1. The SMILES string of the molecule is O=C(Cc1csc(-c2cccnc2)n1)NCc1ccccc1F. The van der Waals surface area contributed by atoms with Crippen LogP contribution in [0.25, 0.3) is 10.6 Å². The Morgan fingerprint density at radius 3 is 2.87 bits per heavy atom. The van der Waals surface area contributed by atoms with Crippen LogP contribution in [0.2, 0.25) is 0 Å². The number of aromatic nitrogens is 2. The number of pyridine rings is 1. The van der Waals surface area contributed by atoms with Crippen molar-refractivity contribution in [3.63, 3.8) is 0 Å². The Morgan fingerprint density at radius 1 is 1.22 bits per heavy atom. The molecule has 0 radical (unpaired) electrons. The molecule has 116 valence electrons. The van der Waals surface area contributed by atoms with Crippen molar-refractivity contribution < 1.29 is 9.18 Å². The van der Waals surface area contributed by atoms with E-state index in [1.807, 2.05) is 17.5 Å². The maximum absolute atomic E-state index is 13.5. The van der Waals surface area contributed by atoms with Crippen LogP contribution >= 0.6 is 11.3 Å². The number of hydrogen-bond acceptors (Lipinski definition) is 4. The number of carbonyl (C=O) groups excluding carboxylic acids is 1. The third kappa shape index (κ3) is 3.98. The summed E-state index contributed by atoms with van der Waals surface area (Å²) in [6.07, 6.45) is 3.61. The van der Waals surface area contributed by atoms with Gasteiger partial charge >= 0.3 is 0 Å². The average Bonchev–Trinajstić information content (AvgIpc) is 3.03. The number of nitrogens with one attached hydrogen (secondary N) is 1. The highest BCUT2D eigenvalue weighted by atomic mass is 32.1. The molecule has 0 aliphatic rings. The van der Waals surface area contributed by atoms with Crippen molar-refractivity contribution in [1.82, 2.24) is 15.3 Å². The van der Waals surface area contributed by atoms with E-state index in [4.69, 9.17) is 0 Å². The van der Waals surface area contributed by atoms with Gasteiger partial charge in [0.05, 0.1) is 12.1 Å². The Kier molecular flexibility index (Phi) is 4.73. The van der Waals surface area contributed by atoms with Crippen LogP contribution < -0.4 is 5.32 Å². The Hall–Kier alpha value is -2.60.